The first kappa shape index (κ1) is 14.0. The molecule has 0 bridgehead atoms. The van der Waals surface area contributed by atoms with E-state index < -0.39 is 8.40 Å². The maximum atomic E-state index is 5.78. The molecule has 96 valence electrons. The minimum absolute atomic E-state index is 0.593. The molecule has 0 radical (unpaired) electrons. The van der Waals surface area contributed by atoms with Crippen molar-refractivity contribution in [2.75, 3.05) is 19.8 Å². The predicted octanol–water partition coefficient (Wildman–Crippen LogP) is 1.82. The van der Waals surface area contributed by atoms with Crippen LogP contribution in [-0.4, -0.2) is 28.2 Å². The van der Waals surface area contributed by atoms with Crippen LogP contribution in [0.25, 0.3) is 0 Å². The van der Waals surface area contributed by atoms with E-state index in [1.807, 2.05) is 26.8 Å². The molecule has 1 heterocycles. The zero-order valence-corrected chi connectivity index (χ0v) is 11.8. The Labute approximate surface area is 104 Å². The zero-order valence-electron chi connectivity index (χ0n) is 10.8. The topological polar surface area (TPSA) is 53.7 Å². The van der Waals surface area contributed by atoms with Gasteiger partial charge in [-0.25, -0.2) is 0 Å². The van der Waals surface area contributed by atoms with Crippen molar-refractivity contribution in [3.8, 4) is 16.9 Å². The second-order valence-electron chi connectivity index (χ2n) is 3.38. The second kappa shape index (κ2) is 7.29. The average molecular weight is 255 g/mol. The number of nitrogens with two attached hydrogens (primary N) is 1. The highest BCUT2D eigenvalue weighted by molar-refractivity contribution is 6.55. The van der Waals surface area contributed by atoms with E-state index in [9.17, 15) is 0 Å². The maximum absolute atomic E-state index is 5.78. The summed E-state index contributed by atoms with van der Waals surface area (Å²) in [6.45, 7) is 7.69. The van der Waals surface area contributed by atoms with Crippen LogP contribution in [0.3, 0.4) is 0 Å². The van der Waals surface area contributed by atoms with Crippen LogP contribution in [0.5, 0.6) is 16.9 Å². The van der Waals surface area contributed by atoms with Crippen molar-refractivity contribution in [2.45, 2.75) is 26.9 Å². The SMILES string of the molecule is CCOc1cc[si](CN)c(OCC)c1OCC. The van der Waals surface area contributed by atoms with E-state index in [4.69, 9.17) is 19.9 Å². The first-order chi connectivity index (χ1) is 8.28. The van der Waals surface area contributed by atoms with E-state index in [1.165, 1.54) is 0 Å². The molecule has 5 heteroatoms. The van der Waals surface area contributed by atoms with Gasteiger partial charge in [0, 0.05) is 6.17 Å². The van der Waals surface area contributed by atoms with Crippen LogP contribution >= 0.6 is 0 Å². The lowest BCUT2D eigenvalue weighted by atomic mass is 10.4. The summed E-state index contributed by atoms with van der Waals surface area (Å²) in [7, 11) is -0.980. The van der Waals surface area contributed by atoms with Gasteiger partial charge >= 0.3 is 0 Å². The molecular weight excluding hydrogens is 234 g/mol. The lowest BCUT2D eigenvalue weighted by Gasteiger charge is -2.17. The normalized spacial score (nSPS) is 10.1. The van der Waals surface area contributed by atoms with Crippen LogP contribution in [0.4, 0.5) is 0 Å². The van der Waals surface area contributed by atoms with E-state index >= 15 is 0 Å². The van der Waals surface area contributed by atoms with E-state index in [0.717, 1.165) is 16.9 Å². The third-order valence-corrected chi connectivity index (χ3v) is 4.22. The lowest BCUT2D eigenvalue weighted by molar-refractivity contribution is 0.264. The lowest BCUT2D eigenvalue weighted by Crippen LogP contribution is -2.15. The summed E-state index contributed by atoms with van der Waals surface area (Å²) in [4.78, 5) is 0. The van der Waals surface area contributed by atoms with Gasteiger partial charge in [-0.2, -0.15) is 0 Å². The molecule has 0 saturated carbocycles. The largest absolute Gasteiger partial charge is 0.495 e. The highest BCUT2D eigenvalue weighted by Crippen LogP contribution is 2.36. The quantitative estimate of drug-likeness (QED) is 0.755. The van der Waals surface area contributed by atoms with Crippen molar-refractivity contribution in [1.82, 2.24) is 0 Å². The molecule has 1 aromatic heterocycles. The fourth-order valence-corrected chi connectivity index (χ4v) is 3.24. The molecule has 0 spiro atoms. The summed E-state index contributed by atoms with van der Waals surface area (Å²) in [5.74, 6) is 1.48. The number of ether oxygens (including phenoxy) is 3. The number of hydrogen-bond donors (Lipinski definition) is 1. The van der Waals surface area contributed by atoms with Gasteiger partial charge < -0.3 is 19.9 Å². The summed E-state index contributed by atoms with van der Waals surface area (Å²) in [6.07, 6.45) is 0.604. The first-order valence-electron chi connectivity index (χ1n) is 6.02. The van der Waals surface area contributed by atoms with Gasteiger partial charge in [0.1, 0.15) is 13.8 Å². The van der Waals surface area contributed by atoms with Gasteiger partial charge in [-0.15, -0.1) is 0 Å². The third kappa shape index (κ3) is 3.44. The highest BCUT2D eigenvalue weighted by atomic mass is 28.2. The Balaban J connectivity index is 3.20. The molecule has 0 saturated heterocycles. The van der Waals surface area contributed by atoms with Crippen molar-refractivity contribution >= 4 is 8.40 Å². The molecular formula is C12H21NO3Si. The molecule has 4 nitrogen and oxygen atoms in total. The summed E-state index contributed by atoms with van der Waals surface area (Å²) >= 11 is 0. The summed E-state index contributed by atoms with van der Waals surface area (Å²) < 4.78 is 16.9. The fourth-order valence-electron chi connectivity index (χ4n) is 1.60. The van der Waals surface area contributed by atoms with Crippen LogP contribution in [0.2, 0.25) is 0 Å². The molecule has 0 aliphatic carbocycles. The van der Waals surface area contributed by atoms with Crippen molar-refractivity contribution in [2.24, 2.45) is 5.73 Å². The van der Waals surface area contributed by atoms with Crippen LogP contribution in [0.1, 0.15) is 20.8 Å². The van der Waals surface area contributed by atoms with Gasteiger partial charge in [0.2, 0.25) is 0 Å². The van der Waals surface area contributed by atoms with Crippen molar-refractivity contribution in [3.05, 3.63) is 11.7 Å². The van der Waals surface area contributed by atoms with Gasteiger partial charge in [-0.3, -0.25) is 0 Å². The number of hydrogen-bond acceptors (Lipinski definition) is 4. The molecule has 17 heavy (non-hydrogen) atoms. The van der Waals surface area contributed by atoms with Gasteiger partial charge in [0.05, 0.1) is 19.8 Å². The summed E-state index contributed by atoms with van der Waals surface area (Å²) in [6, 6.07) is 1.96. The van der Waals surface area contributed by atoms with Crippen LogP contribution in [-0.2, 0) is 6.17 Å². The van der Waals surface area contributed by atoms with Crippen molar-refractivity contribution in [1.29, 1.82) is 0 Å². The first-order valence-corrected chi connectivity index (χ1v) is 7.81. The van der Waals surface area contributed by atoms with Gasteiger partial charge in [0.25, 0.3) is 0 Å². The Hall–Kier alpha value is -1.07. The summed E-state index contributed by atoms with van der Waals surface area (Å²) in [5, 5.41) is 0.882. The molecule has 0 atom stereocenters. The molecule has 0 aliphatic heterocycles. The van der Waals surface area contributed by atoms with E-state index in [1.54, 1.807) is 0 Å². The molecule has 2 N–H and O–H groups in total. The maximum Gasteiger partial charge on any atom is 0.197 e. The fraction of sp³-hybridized carbons (Fsp3) is 0.583. The minimum atomic E-state index is -0.980. The van der Waals surface area contributed by atoms with Gasteiger partial charge in [-0.05, 0) is 26.8 Å². The molecule has 0 amide bonds. The van der Waals surface area contributed by atoms with Crippen LogP contribution in [0, 0.1) is 0 Å². The van der Waals surface area contributed by atoms with E-state index in [0.29, 0.717) is 26.0 Å². The standard InChI is InChI=1S/C12H21NO3Si/c1-4-14-10-7-8-17(9-13)12(16-6-3)11(10)15-5-2/h7-8H,4-6,9,13H2,1-3H3. The van der Waals surface area contributed by atoms with E-state index in [2.05, 4.69) is 5.68 Å². The summed E-state index contributed by atoms with van der Waals surface area (Å²) in [5.41, 5.74) is 7.88. The molecule has 1 aromatic rings. The molecule has 1 rings (SSSR count). The Kier molecular flexibility index (Phi) is 6.00. The van der Waals surface area contributed by atoms with Gasteiger partial charge in [0.15, 0.2) is 11.5 Å². The number of rotatable bonds is 7. The smallest absolute Gasteiger partial charge is 0.197 e. The molecule has 0 aliphatic rings. The monoisotopic (exact) mass is 255 g/mol. The van der Waals surface area contributed by atoms with Crippen molar-refractivity contribution < 1.29 is 14.2 Å². The Bertz CT molecular complexity index is 358. The van der Waals surface area contributed by atoms with E-state index in [-0.39, 0.29) is 0 Å². The van der Waals surface area contributed by atoms with Crippen molar-refractivity contribution in [3.63, 3.8) is 0 Å². The molecule has 0 aromatic carbocycles. The van der Waals surface area contributed by atoms with Crippen LogP contribution in [0.15, 0.2) is 11.7 Å². The molecule has 0 fully saturated rings. The average Bonchev–Trinajstić information content (AvgIpc) is 2.34. The minimum Gasteiger partial charge on any atom is -0.495 e. The van der Waals surface area contributed by atoms with Gasteiger partial charge in [-0.1, -0.05) is 5.68 Å². The zero-order chi connectivity index (χ0) is 12.7. The third-order valence-electron chi connectivity index (χ3n) is 2.25. The Morgan fingerprint density at radius 1 is 1.06 bits per heavy atom. The second-order valence-corrected chi connectivity index (χ2v) is 5.63. The Morgan fingerprint density at radius 3 is 2.24 bits per heavy atom. The highest BCUT2D eigenvalue weighted by Gasteiger charge is 2.16. The molecule has 0 unspecified atom stereocenters. The van der Waals surface area contributed by atoms with Crippen LogP contribution < -0.4 is 19.9 Å². The predicted molar refractivity (Wildman–Crippen MR) is 70.1 cm³/mol. The Morgan fingerprint density at radius 2 is 1.71 bits per heavy atom.